The quantitative estimate of drug-likeness (QED) is 0.442. The summed E-state index contributed by atoms with van der Waals surface area (Å²) in [6.45, 7) is 0. The van der Waals surface area contributed by atoms with E-state index in [1.807, 2.05) is 22.3 Å². The molecule has 0 saturated heterocycles. The van der Waals surface area contributed by atoms with Gasteiger partial charge in [-0.2, -0.15) is 0 Å². The molecule has 35 valence electrons. The van der Waals surface area contributed by atoms with E-state index >= 15 is 0 Å². The van der Waals surface area contributed by atoms with Gasteiger partial charge in [-0.3, -0.25) is 14.1 Å². The molecule has 0 atom stereocenters. The Kier molecular flexibility index (Phi) is 4900. The minimum atomic E-state index is 0. The van der Waals surface area contributed by atoms with E-state index in [0.717, 1.165) is 0 Å². The molecular formula is CH6F3Ge. The minimum absolute atomic E-state index is 0. The molecule has 0 aromatic heterocycles. The van der Waals surface area contributed by atoms with Crippen molar-refractivity contribution in [2.75, 3.05) is 0 Å². The summed E-state index contributed by atoms with van der Waals surface area (Å²) in [6, 6.07) is 0. The van der Waals surface area contributed by atoms with E-state index < -0.39 is 0 Å². The van der Waals surface area contributed by atoms with Crippen LogP contribution in [0.2, 0.25) is 5.76 Å². The normalized spacial score (nSPS) is 1.20. The second-order valence-electron chi connectivity index (χ2n) is 0. The average molecular weight is 148 g/mol. The van der Waals surface area contributed by atoms with E-state index in [2.05, 4.69) is 0 Å². The average Bonchev–Trinajstić information content (AvgIpc) is 1.00. The van der Waals surface area contributed by atoms with Gasteiger partial charge < -0.3 is 0 Å². The Morgan fingerprint density at radius 1 is 0.800 bits per heavy atom. The molecule has 0 aliphatic heterocycles. The Labute approximate surface area is 37.3 Å². The zero-order valence-corrected chi connectivity index (χ0v) is 4.82. The summed E-state index contributed by atoms with van der Waals surface area (Å²) in [4.78, 5) is 0. The number of hydrogen-bond donors (Lipinski definition) is 0. The summed E-state index contributed by atoms with van der Waals surface area (Å²) < 4.78 is 0. The van der Waals surface area contributed by atoms with Crippen LogP contribution in [-0.2, 0) is 0 Å². The van der Waals surface area contributed by atoms with Gasteiger partial charge in [-0.05, 0) is 0 Å². The molecule has 0 N–H and O–H groups in total. The molecule has 0 rings (SSSR count). The van der Waals surface area contributed by atoms with Gasteiger partial charge in [-0.25, -0.2) is 0 Å². The Balaban J connectivity index is -0.00000000167. The molecule has 3 radical (unpaired) electrons. The van der Waals surface area contributed by atoms with Crippen molar-refractivity contribution in [1.82, 2.24) is 0 Å². The molecule has 0 aliphatic rings. The van der Waals surface area contributed by atoms with Crippen LogP contribution in [0.3, 0.4) is 0 Å². The van der Waals surface area contributed by atoms with E-state index in [9.17, 15) is 0 Å². The van der Waals surface area contributed by atoms with Gasteiger partial charge in [0.1, 0.15) is 0 Å². The zero-order chi connectivity index (χ0) is 2.00. The first kappa shape index (κ1) is 56.4. The van der Waals surface area contributed by atoms with Crippen molar-refractivity contribution in [1.29, 1.82) is 0 Å². The monoisotopic (exact) mass is 149 g/mol. The summed E-state index contributed by atoms with van der Waals surface area (Å²) in [6.07, 6.45) is 0. The van der Waals surface area contributed by atoms with Crippen LogP contribution >= 0.6 is 0 Å². The molecule has 0 aromatic rings. The second-order valence-corrected chi connectivity index (χ2v) is 0. The number of halogens is 3. The van der Waals surface area contributed by atoms with Crippen LogP contribution in [0, 0.1) is 0 Å². The fraction of sp³-hybridized carbons (Fsp3) is 1.00. The predicted octanol–water partition coefficient (Wildman–Crippen LogP) is 0.660. The van der Waals surface area contributed by atoms with Gasteiger partial charge in [-0.1, -0.05) is 0 Å². The van der Waals surface area contributed by atoms with Gasteiger partial charge in [0.25, 0.3) is 0 Å². The molecular weight excluding hydrogens is 142 g/mol. The van der Waals surface area contributed by atoms with Crippen molar-refractivity contribution in [2.45, 2.75) is 5.76 Å². The second kappa shape index (κ2) is 434. The molecule has 0 aliphatic carbocycles. The van der Waals surface area contributed by atoms with Crippen LogP contribution in [-0.4, -0.2) is 16.5 Å². The molecule has 0 saturated carbocycles. The summed E-state index contributed by atoms with van der Waals surface area (Å²) >= 11 is 2.00. The van der Waals surface area contributed by atoms with Crippen molar-refractivity contribution in [3.05, 3.63) is 0 Å². The Morgan fingerprint density at radius 3 is 0.800 bits per heavy atom. The molecule has 4 heteroatoms. The van der Waals surface area contributed by atoms with Gasteiger partial charge in [0.2, 0.25) is 0 Å². The van der Waals surface area contributed by atoms with Crippen molar-refractivity contribution in [3.63, 3.8) is 0 Å². The standard InChI is InChI=1S/CH3Ge.3FH/c1-2;;;/h1H3;3*1H. The molecule has 0 heterocycles. The van der Waals surface area contributed by atoms with Gasteiger partial charge in [-0.15, -0.1) is 0 Å². The third kappa shape index (κ3) is 213. The Bertz CT molecular complexity index is 6.85. The molecule has 0 unspecified atom stereocenters. The van der Waals surface area contributed by atoms with Crippen molar-refractivity contribution in [3.8, 4) is 0 Å². The van der Waals surface area contributed by atoms with Gasteiger partial charge in [0, 0.05) is 0 Å². The predicted molar refractivity (Wildman–Crippen MR) is 19.1 cm³/mol. The van der Waals surface area contributed by atoms with Crippen LogP contribution < -0.4 is 0 Å². The number of rotatable bonds is 0. The molecule has 0 spiro atoms. The summed E-state index contributed by atoms with van der Waals surface area (Å²) in [5.41, 5.74) is 0. The van der Waals surface area contributed by atoms with E-state index in [1.165, 1.54) is 0 Å². The van der Waals surface area contributed by atoms with Crippen LogP contribution in [0.5, 0.6) is 0 Å². The van der Waals surface area contributed by atoms with Crippen LogP contribution in [0.1, 0.15) is 0 Å². The summed E-state index contributed by atoms with van der Waals surface area (Å²) in [7, 11) is 0. The first-order valence-electron chi connectivity index (χ1n) is 0.500. The molecule has 0 aromatic carbocycles. The first-order valence-corrected chi connectivity index (χ1v) is 2.60. The third-order valence-corrected chi connectivity index (χ3v) is 0. The van der Waals surface area contributed by atoms with Gasteiger partial charge in [0.15, 0.2) is 0 Å². The summed E-state index contributed by atoms with van der Waals surface area (Å²) in [5.74, 6) is 2.00. The summed E-state index contributed by atoms with van der Waals surface area (Å²) in [5, 5.41) is 0. The SMILES string of the molecule is F.F.F.[CH3][Ge]. The number of hydrogen-bond acceptors (Lipinski definition) is 0. The third-order valence-electron chi connectivity index (χ3n) is 0. The van der Waals surface area contributed by atoms with Crippen LogP contribution in [0.15, 0.2) is 0 Å². The molecule has 0 fully saturated rings. The van der Waals surface area contributed by atoms with Crippen LogP contribution in [0.4, 0.5) is 14.1 Å². The molecule has 0 amide bonds. The first-order chi connectivity index (χ1) is 1.00. The topological polar surface area (TPSA) is 0 Å². The zero-order valence-electron chi connectivity index (χ0n) is 2.72. The van der Waals surface area contributed by atoms with E-state index in [0.29, 0.717) is 0 Å². The van der Waals surface area contributed by atoms with Crippen LogP contribution in [0.25, 0.3) is 0 Å². The van der Waals surface area contributed by atoms with Gasteiger partial charge in [0.05, 0.1) is 0 Å². The molecule has 0 bridgehead atoms. The molecule has 5 heavy (non-hydrogen) atoms. The van der Waals surface area contributed by atoms with Crippen molar-refractivity contribution in [2.24, 2.45) is 0 Å². The van der Waals surface area contributed by atoms with Crippen molar-refractivity contribution >= 4 is 16.5 Å². The van der Waals surface area contributed by atoms with E-state index in [-0.39, 0.29) is 14.1 Å². The Morgan fingerprint density at radius 2 is 0.800 bits per heavy atom. The van der Waals surface area contributed by atoms with Crippen molar-refractivity contribution < 1.29 is 14.1 Å². The van der Waals surface area contributed by atoms with Gasteiger partial charge >= 0.3 is 22.3 Å². The van der Waals surface area contributed by atoms with E-state index in [1.54, 1.807) is 0 Å². The molecule has 0 nitrogen and oxygen atoms in total. The fourth-order valence-corrected chi connectivity index (χ4v) is 0. The Hall–Kier alpha value is 0.333. The maximum atomic E-state index is 2.00. The fourth-order valence-electron chi connectivity index (χ4n) is 0. The van der Waals surface area contributed by atoms with E-state index in [4.69, 9.17) is 0 Å². The maximum absolute atomic E-state index is 2.00.